The number of carbonyl (C=O) groups excluding carboxylic acids is 3. The topological polar surface area (TPSA) is 82.1 Å². The molecule has 0 amide bonds. The lowest BCUT2D eigenvalue weighted by atomic mass is 9.53. The Hall–Kier alpha value is -1.63. The summed E-state index contributed by atoms with van der Waals surface area (Å²) in [7, 11) is 4.06. The second-order valence-corrected chi connectivity index (χ2v) is 21.4. The fourth-order valence-corrected chi connectivity index (χ4v) is 10.0. The van der Waals surface area contributed by atoms with Gasteiger partial charge in [-0.1, -0.05) is 158 Å². The molecule has 4 atom stereocenters. The molecule has 1 aliphatic carbocycles. The normalized spacial score (nSPS) is 19.4. The Labute approximate surface area is 379 Å². The van der Waals surface area contributed by atoms with E-state index in [0.29, 0.717) is 31.8 Å². The molecule has 1 aliphatic rings. The first-order valence-corrected chi connectivity index (χ1v) is 26.2. The van der Waals surface area contributed by atoms with Crippen LogP contribution in [-0.4, -0.2) is 61.8 Å². The number of hydrogen-bond donors (Lipinski definition) is 0. The monoisotopic (exact) mass is 862 g/mol. The maximum Gasteiger partial charge on any atom is 0.306 e. The molecule has 0 saturated heterocycles. The minimum atomic E-state index is -0.542. The quantitative estimate of drug-likeness (QED) is 0.0352. The number of rotatable bonds is 36. The molecule has 0 bridgehead atoms. The van der Waals surface area contributed by atoms with E-state index in [2.05, 4.69) is 67.2 Å². The predicted octanol–water partition coefficient (Wildman–Crippen LogP) is 15.4. The van der Waals surface area contributed by atoms with Crippen LogP contribution in [0, 0.1) is 28.6 Å². The van der Waals surface area contributed by atoms with Crippen LogP contribution < -0.4 is 0 Å². The van der Waals surface area contributed by atoms with Crippen LogP contribution in [0.2, 0.25) is 0 Å². The summed E-state index contributed by atoms with van der Waals surface area (Å²) in [5.74, 6) is 2.04. The molecule has 7 nitrogen and oxygen atoms in total. The number of esters is 3. The molecule has 0 heterocycles. The highest BCUT2D eigenvalue weighted by Crippen LogP contribution is 2.56. The Morgan fingerprint density at radius 1 is 0.672 bits per heavy atom. The number of unbranched alkanes of at least 4 members (excludes halogenated alkanes) is 12. The molecule has 0 aliphatic heterocycles. The summed E-state index contributed by atoms with van der Waals surface area (Å²) in [5, 5.41) is 0. The first kappa shape index (κ1) is 57.4. The van der Waals surface area contributed by atoms with E-state index in [1.807, 2.05) is 14.1 Å². The maximum absolute atomic E-state index is 13.2. The maximum atomic E-state index is 13.2. The highest BCUT2D eigenvalue weighted by molar-refractivity contribution is 5.70. The van der Waals surface area contributed by atoms with E-state index in [-0.39, 0.29) is 34.8 Å². The summed E-state index contributed by atoms with van der Waals surface area (Å²) in [6.07, 6.45) is 32.9. The molecule has 0 spiro atoms. The summed E-state index contributed by atoms with van der Waals surface area (Å²) >= 11 is 0. The van der Waals surface area contributed by atoms with Crippen LogP contribution in [0.3, 0.4) is 0 Å². The SMILES string of the molecule is CCCCCC(CCCCC)CCOC(=O)CCCCCCCC(CCCCCCCC(=O)OC(C)(C)C(C)(C)C1(C)CCCC(C)CC(CC)C1)OC(=O)CCCN(C)C. The summed E-state index contributed by atoms with van der Waals surface area (Å²) in [4.78, 5) is 40.5. The first-order chi connectivity index (χ1) is 29.0. The third-order valence-corrected chi connectivity index (χ3v) is 15.2. The fraction of sp³-hybridized carbons (Fsp3) is 0.944. The van der Waals surface area contributed by atoms with Gasteiger partial charge in [0, 0.05) is 24.7 Å². The molecule has 360 valence electrons. The van der Waals surface area contributed by atoms with Crippen molar-refractivity contribution >= 4 is 17.9 Å². The van der Waals surface area contributed by atoms with E-state index in [9.17, 15) is 14.4 Å². The summed E-state index contributed by atoms with van der Waals surface area (Å²) < 4.78 is 18.0. The Balaban J connectivity index is 2.44. The molecule has 7 heteroatoms. The van der Waals surface area contributed by atoms with Gasteiger partial charge in [0.05, 0.1) is 6.61 Å². The van der Waals surface area contributed by atoms with E-state index in [1.165, 1.54) is 89.9 Å². The highest BCUT2D eigenvalue weighted by atomic mass is 16.6. The number of nitrogens with zero attached hydrogens (tertiary/aromatic N) is 1. The van der Waals surface area contributed by atoms with Crippen LogP contribution in [-0.2, 0) is 28.6 Å². The van der Waals surface area contributed by atoms with Crippen molar-refractivity contribution in [2.75, 3.05) is 27.2 Å². The zero-order chi connectivity index (χ0) is 45.6. The van der Waals surface area contributed by atoms with E-state index in [1.54, 1.807) is 0 Å². The zero-order valence-corrected chi connectivity index (χ0v) is 42.5. The predicted molar refractivity (Wildman–Crippen MR) is 258 cm³/mol. The van der Waals surface area contributed by atoms with E-state index in [4.69, 9.17) is 14.2 Å². The summed E-state index contributed by atoms with van der Waals surface area (Å²) in [6.45, 7) is 22.2. The molecule has 4 unspecified atom stereocenters. The van der Waals surface area contributed by atoms with Crippen molar-refractivity contribution in [1.29, 1.82) is 0 Å². The van der Waals surface area contributed by atoms with Crippen molar-refractivity contribution < 1.29 is 28.6 Å². The van der Waals surface area contributed by atoms with Crippen molar-refractivity contribution in [3.8, 4) is 0 Å². The second kappa shape index (κ2) is 32.9. The lowest BCUT2D eigenvalue weighted by Gasteiger charge is -2.54. The molecule has 0 aromatic heterocycles. The lowest BCUT2D eigenvalue weighted by Crippen LogP contribution is -2.53. The van der Waals surface area contributed by atoms with Gasteiger partial charge < -0.3 is 19.1 Å². The Morgan fingerprint density at radius 2 is 1.20 bits per heavy atom. The van der Waals surface area contributed by atoms with Crippen LogP contribution >= 0.6 is 0 Å². The number of hydrogen-bond acceptors (Lipinski definition) is 7. The van der Waals surface area contributed by atoms with Crippen LogP contribution in [0.5, 0.6) is 0 Å². The molecule has 1 fully saturated rings. The Bertz CT molecular complexity index is 1120. The fourth-order valence-electron chi connectivity index (χ4n) is 10.0. The third kappa shape index (κ3) is 25.4. The van der Waals surface area contributed by atoms with Crippen molar-refractivity contribution in [2.24, 2.45) is 28.6 Å². The minimum Gasteiger partial charge on any atom is -0.466 e. The second-order valence-electron chi connectivity index (χ2n) is 21.4. The van der Waals surface area contributed by atoms with Gasteiger partial charge in [0.25, 0.3) is 0 Å². The molecule has 61 heavy (non-hydrogen) atoms. The van der Waals surface area contributed by atoms with E-state index < -0.39 is 5.60 Å². The average Bonchev–Trinajstić information content (AvgIpc) is 3.18. The van der Waals surface area contributed by atoms with Gasteiger partial charge >= 0.3 is 17.9 Å². The molecule has 0 aromatic rings. The zero-order valence-electron chi connectivity index (χ0n) is 42.5. The van der Waals surface area contributed by atoms with E-state index in [0.717, 1.165) is 108 Å². The molecule has 0 aromatic carbocycles. The van der Waals surface area contributed by atoms with Crippen LogP contribution in [0.15, 0.2) is 0 Å². The van der Waals surface area contributed by atoms with Crippen molar-refractivity contribution in [1.82, 2.24) is 4.90 Å². The largest absolute Gasteiger partial charge is 0.466 e. The molecule has 1 saturated carbocycles. The molecule has 0 N–H and O–H groups in total. The van der Waals surface area contributed by atoms with Crippen molar-refractivity contribution in [3.63, 3.8) is 0 Å². The number of ether oxygens (including phenoxy) is 3. The van der Waals surface area contributed by atoms with Gasteiger partial charge in [-0.15, -0.1) is 0 Å². The van der Waals surface area contributed by atoms with Gasteiger partial charge in [-0.2, -0.15) is 0 Å². The van der Waals surface area contributed by atoms with Gasteiger partial charge in [0.1, 0.15) is 11.7 Å². The Kier molecular flexibility index (Phi) is 31.0. The molecule has 0 radical (unpaired) electrons. The Morgan fingerprint density at radius 3 is 1.75 bits per heavy atom. The summed E-state index contributed by atoms with van der Waals surface area (Å²) in [6, 6.07) is 0. The van der Waals surface area contributed by atoms with E-state index >= 15 is 0 Å². The first-order valence-electron chi connectivity index (χ1n) is 26.2. The van der Waals surface area contributed by atoms with Gasteiger partial charge in [-0.3, -0.25) is 14.4 Å². The highest BCUT2D eigenvalue weighted by Gasteiger charge is 2.53. The van der Waals surface area contributed by atoms with Gasteiger partial charge in [-0.25, -0.2) is 0 Å². The number of carbonyl (C=O) groups is 3. The summed E-state index contributed by atoms with van der Waals surface area (Å²) in [5.41, 5.74) is -0.562. The molecular formula is C54H103NO6. The molecular weight excluding hydrogens is 759 g/mol. The van der Waals surface area contributed by atoms with Crippen molar-refractivity contribution in [3.05, 3.63) is 0 Å². The van der Waals surface area contributed by atoms with Crippen molar-refractivity contribution in [2.45, 2.75) is 273 Å². The minimum absolute atomic E-state index is 0.0362. The average molecular weight is 862 g/mol. The van der Waals surface area contributed by atoms with Gasteiger partial charge in [0.15, 0.2) is 0 Å². The lowest BCUT2D eigenvalue weighted by molar-refractivity contribution is -0.184. The third-order valence-electron chi connectivity index (χ3n) is 15.2. The molecule has 1 rings (SSSR count). The van der Waals surface area contributed by atoms with Crippen LogP contribution in [0.1, 0.15) is 261 Å². The standard InChI is InChI=1S/C54H103NO6/c1-12-15-23-32-47(33-24-16-13-2)39-42-59-49(56)36-27-21-17-19-25-34-48(60-50(57)38-30-41-55(10)11)35-26-20-18-22-28-37-51(58)61-53(7,8)52(5,6)54(9)40-29-31-45(4)43-46(14-3)44-54/h45-48H,12-44H2,1-11H3. The van der Waals surface area contributed by atoms with Gasteiger partial charge in [0.2, 0.25) is 0 Å². The van der Waals surface area contributed by atoms with Crippen LogP contribution in [0.25, 0.3) is 0 Å². The van der Waals surface area contributed by atoms with Crippen LogP contribution in [0.4, 0.5) is 0 Å². The van der Waals surface area contributed by atoms with Gasteiger partial charge in [-0.05, 0) is 128 Å². The smallest absolute Gasteiger partial charge is 0.306 e.